The van der Waals surface area contributed by atoms with Crippen LogP contribution in [0.3, 0.4) is 0 Å². The SMILES string of the molecule is COc1ccc(COC(=O)C2=C(CCl)CS[C@@H]3[C@H](NC(=O)/C(=N/OCCF)c4nsc(NC(c5ccccc5)(c5ccccc5)c5ccccc5)n4)C(=O)N23)cc1. The van der Waals surface area contributed by atoms with Crippen LogP contribution in [-0.4, -0.2) is 81.2 Å². The maximum atomic E-state index is 13.9. The van der Waals surface area contributed by atoms with Crippen molar-refractivity contribution in [3.8, 4) is 5.75 Å². The topological polar surface area (TPSA) is 144 Å². The minimum atomic E-state index is -1.05. The fourth-order valence-corrected chi connectivity index (χ4v) is 8.87. The molecule has 1 fully saturated rings. The average molecular weight is 827 g/mol. The second kappa shape index (κ2) is 18.0. The number of nitrogens with zero attached hydrogens (tertiary/aromatic N) is 4. The summed E-state index contributed by atoms with van der Waals surface area (Å²) in [6.07, 6.45) is 0. The van der Waals surface area contributed by atoms with Crippen LogP contribution in [0.25, 0.3) is 0 Å². The predicted octanol–water partition coefficient (Wildman–Crippen LogP) is 6.28. The predicted molar refractivity (Wildman–Crippen MR) is 217 cm³/mol. The van der Waals surface area contributed by atoms with E-state index in [1.54, 1.807) is 31.4 Å². The number of alkyl halides is 2. The molecule has 0 bridgehead atoms. The van der Waals surface area contributed by atoms with E-state index in [4.69, 9.17) is 25.9 Å². The zero-order chi connectivity index (χ0) is 39.8. The van der Waals surface area contributed by atoms with Gasteiger partial charge in [-0.3, -0.25) is 14.5 Å². The maximum absolute atomic E-state index is 13.9. The number of esters is 1. The number of β-lactam (4-membered cyclic amide) rings is 1. The molecule has 7 rings (SSSR count). The Kier molecular flexibility index (Phi) is 12.5. The molecule has 0 aliphatic carbocycles. The van der Waals surface area contributed by atoms with Crippen LogP contribution in [0.4, 0.5) is 9.52 Å². The number of amides is 2. The number of carbonyl (C=O) groups excluding carboxylic acids is 3. The number of methoxy groups -OCH3 is 1. The summed E-state index contributed by atoms with van der Waals surface area (Å²) in [6.45, 7) is -1.32. The Labute approximate surface area is 341 Å². The van der Waals surface area contributed by atoms with Crippen LogP contribution in [0, 0.1) is 0 Å². The van der Waals surface area contributed by atoms with Gasteiger partial charge in [0.25, 0.3) is 11.8 Å². The lowest BCUT2D eigenvalue weighted by atomic mass is 9.77. The van der Waals surface area contributed by atoms with Gasteiger partial charge < -0.3 is 24.9 Å². The Morgan fingerprint density at radius 1 is 0.947 bits per heavy atom. The van der Waals surface area contributed by atoms with Crippen molar-refractivity contribution < 1.29 is 33.1 Å². The number of hydrogen-bond acceptors (Lipinski definition) is 12. The molecule has 0 unspecified atom stereocenters. The van der Waals surface area contributed by atoms with Gasteiger partial charge in [-0.1, -0.05) is 108 Å². The Bertz CT molecular complexity index is 2170. The Hall–Kier alpha value is -5.77. The van der Waals surface area contributed by atoms with Gasteiger partial charge in [0.2, 0.25) is 16.7 Å². The fraction of sp³-hybridized carbons (Fsp3) is 0.220. The Morgan fingerprint density at radius 2 is 1.56 bits per heavy atom. The summed E-state index contributed by atoms with van der Waals surface area (Å²) in [5, 5.41) is 9.94. The molecule has 4 aromatic carbocycles. The first-order valence-corrected chi connectivity index (χ1v) is 20.1. The van der Waals surface area contributed by atoms with Crippen LogP contribution >= 0.6 is 34.9 Å². The van der Waals surface area contributed by atoms with Crippen LogP contribution in [0.5, 0.6) is 5.75 Å². The minimum Gasteiger partial charge on any atom is -0.497 e. The van der Waals surface area contributed by atoms with Crippen LogP contribution in [0.2, 0.25) is 0 Å². The van der Waals surface area contributed by atoms with E-state index in [1.165, 1.54) is 16.7 Å². The molecule has 2 aliphatic rings. The molecule has 0 saturated carbocycles. The molecule has 2 atom stereocenters. The molecule has 2 N–H and O–H groups in total. The minimum absolute atomic E-state index is 0.00216. The van der Waals surface area contributed by atoms with Crippen molar-refractivity contribution in [3.05, 3.63) is 155 Å². The molecule has 5 aromatic rings. The number of thioether (sulfide) groups is 1. The third kappa shape index (κ3) is 8.22. The highest BCUT2D eigenvalue weighted by Gasteiger charge is 2.54. The van der Waals surface area contributed by atoms with Gasteiger partial charge in [-0.25, -0.2) is 9.18 Å². The number of ether oxygens (including phenoxy) is 2. The molecule has 292 valence electrons. The normalized spacial score (nSPS) is 16.6. The van der Waals surface area contributed by atoms with Crippen molar-refractivity contribution in [1.82, 2.24) is 19.6 Å². The van der Waals surface area contributed by atoms with E-state index in [1.807, 2.05) is 91.0 Å². The van der Waals surface area contributed by atoms with E-state index >= 15 is 0 Å². The van der Waals surface area contributed by atoms with Gasteiger partial charge in [-0.15, -0.1) is 23.4 Å². The number of anilines is 1. The summed E-state index contributed by atoms with van der Waals surface area (Å²) in [4.78, 5) is 52.1. The summed E-state index contributed by atoms with van der Waals surface area (Å²) < 4.78 is 28.4. The second-order valence-electron chi connectivity index (χ2n) is 12.7. The van der Waals surface area contributed by atoms with Gasteiger partial charge in [0.1, 0.15) is 48.3 Å². The van der Waals surface area contributed by atoms with Crippen molar-refractivity contribution in [2.45, 2.75) is 23.6 Å². The zero-order valence-corrected chi connectivity index (χ0v) is 32.9. The summed E-state index contributed by atoms with van der Waals surface area (Å²) in [6, 6.07) is 35.6. The van der Waals surface area contributed by atoms with Crippen LogP contribution in [-0.2, 0) is 36.1 Å². The van der Waals surface area contributed by atoms with Crippen LogP contribution in [0.15, 0.2) is 132 Å². The molecule has 3 heterocycles. The highest BCUT2D eigenvalue weighted by molar-refractivity contribution is 8.00. The lowest BCUT2D eigenvalue weighted by Gasteiger charge is -2.49. The van der Waals surface area contributed by atoms with Gasteiger partial charge in [0.15, 0.2) is 0 Å². The quantitative estimate of drug-likeness (QED) is 0.0222. The number of carbonyl (C=O) groups is 3. The Balaban J connectivity index is 1.12. The third-order valence-electron chi connectivity index (χ3n) is 9.31. The van der Waals surface area contributed by atoms with Crippen molar-refractivity contribution in [3.63, 3.8) is 0 Å². The summed E-state index contributed by atoms with van der Waals surface area (Å²) in [7, 11) is 1.56. The fourth-order valence-electron chi connectivity index (χ4n) is 6.56. The van der Waals surface area contributed by atoms with Crippen molar-refractivity contribution in [2.24, 2.45) is 5.16 Å². The first-order valence-electron chi connectivity index (χ1n) is 17.8. The third-order valence-corrected chi connectivity index (χ3v) is 11.6. The number of aromatic nitrogens is 2. The highest BCUT2D eigenvalue weighted by atomic mass is 35.5. The number of nitrogens with one attached hydrogen (secondary N) is 2. The van der Waals surface area contributed by atoms with Gasteiger partial charge in [-0.05, 0) is 40.0 Å². The largest absolute Gasteiger partial charge is 0.497 e. The monoisotopic (exact) mass is 826 g/mol. The number of benzene rings is 4. The van der Waals surface area contributed by atoms with E-state index < -0.39 is 48.0 Å². The smallest absolute Gasteiger partial charge is 0.355 e. The molecule has 12 nitrogen and oxygen atoms in total. The van der Waals surface area contributed by atoms with E-state index in [0.717, 1.165) is 33.8 Å². The highest BCUT2D eigenvalue weighted by Crippen LogP contribution is 2.42. The molecule has 57 heavy (non-hydrogen) atoms. The molecule has 16 heteroatoms. The number of halogens is 2. The zero-order valence-electron chi connectivity index (χ0n) is 30.5. The number of fused-ring (bicyclic) bond motifs is 1. The van der Waals surface area contributed by atoms with E-state index in [2.05, 4.69) is 25.1 Å². The number of hydrogen-bond donors (Lipinski definition) is 2. The molecular formula is C41H36ClFN6O6S2. The first-order chi connectivity index (χ1) is 27.9. The molecule has 2 amide bonds. The average Bonchev–Trinajstić information content (AvgIpc) is 3.73. The van der Waals surface area contributed by atoms with Crippen molar-refractivity contribution in [2.75, 3.05) is 37.3 Å². The Morgan fingerprint density at radius 3 is 2.12 bits per heavy atom. The molecule has 0 radical (unpaired) electrons. The summed E-state index contributed by atoms with van der Waals surface area (Å²) >= 11 is 8.55. The molecule has 2 aliphatic heterocycles. The standard InChI is InChI=1S/C41H36ClFN6O6S2/c1-53-31-19-17-26(18-20-31)24-54-39(52)34-27(23-42)25-56-38-33(37(51)49(34)38)44-36(50)32(47-55-22-21-43)35-45-40(57-48-35)46-41(28-11-5-2-6-12-28,29-13-7-3-8-14-29)30-15-9-4-10-16-30/h2-20,33,38H,21-25H2,1H3,(H,44,50)(H,45,46,48)/b47-32+/t33-,38-/m1/s1. The van der Waals surface area contributed by atoms with E-state index in [0.29, 0.717) is 22.2 Å². The van der Waals surface area contributed by atoms with Crippen LogP contribution in [0.1, 0.15) is 28.1 Å². The van der Waals surface area contributed by atoms with E-state index in [9.17, 15) is 18.8 Å². The number of rotatable bonds is 16. The molecule has 1 saturated heterocycles. The second-order valence-corrected chi connectivity index (χ2v) is 14.9. The van der Waals surface area contributed by atoms with Crippen molar-refractivity contribution in [1.29, 1.82) is 0 Å². The van der Waals surface area contributed by atoms with Gasteiger partial charge in [0.05, 0.1) is 7.11 Å². The molecular weight excluding hydrogens is 791 g/mol. The van der Waals surface area contributed by atoms with Gasteiger partial charge in [-0.2, -0.15) is 9.36 Å². The number of oxime groups is 1. The molecule has 0 spiro atoms. The maximum Gasteiger partial charge on any atom is 0.355 e. The lowest BCUT2D eigenvalue weighted by molar-refractivity contribution is -0.153. The lowest BCUT2D eigenvalue weighted by Crippen LogP contribution is -2.71. The first kappa shape index (κ1) is 39.5. The van der Waals surface area contributed by atoms with Crippen molar-refractivity contribution >= 4 is 63.5 Å². The van der Waals surface area contributed by atoms with Crippen LogP contribution < -0.4 is 15.4 Å². The van der Waals surface area contributed by atoms with Gasteiger partial charge in [0, 0.05) is 23.2 Å². The van der Waals surface area contributed by atoms with E-state index in [-0.39, 0.29) is 29.7 Å². The molecule has 1 aromatic heterocycles. The summed E-state index contributed by atoms with van der Waals surface area (Å²) in [5.74, 6) is -1.20. The summed E-state index contributed by atoms with van der Waals surface area (Å²) in [5.41, 5.74) is 2.77. The van der Waals surface area contributed by atoms with Gasteiger partial charge >= 0.3 is 5.97 Å².